The van der Waals surface area contributed by atoms with Crippen LogP contribution in [0.15, 0.2) is 54.6 Å². The number of nitrogens with zero attached hydrogens (tertiary/aromatic N) is 3. The zero-order chi connectivity index (χ0) is 21.6. The van der Waals surface area contributed by atoms with Gasteiger partial charge < -0.3 is 25.0 Å². The van der Waals surface area contributed by atoms with Gasteiger partial charge in [-0.2, -0.15) is 0 Å². The van der Waals surface area contributed by atoms with Gasteiger partial charge >= 0.3 is 6.03 Å². The van der Waals surface area contributed by atoms with E-state index in [4.69, 9.17) is 9.47 Å². The summed E-state index contributed by atoms with van der Waals surface area (Å²) >= 11 is 0. The molecule has 0 radical (unpaired) electrons. The molecule has 160 valence electrons. The van der Waals surface area contributed by atoms with Crippen LogP contribution in [-0.2, 0) is 0 Å². The summed E-state index contributed by atoms with van der Waals surface area (Å²) in [5.74, 6) is 1.95. The van der Waals surface area contributed by atoms with Crippen LogP contribution in [0.4, 0.5) is 22.0 Å². The number of carbonyl (C=O) groups excluding carboxylic acids is 1. The van der Waals surface area contributed by atoms with Gasteiger partial charge in [0.15, 0.2) is 5.82 Å². The minimum absolute atomic E-state index is 0.398. The summed E-state index contributed by atoms with van der Waals surface area (Å²) in [7, 11) is 3.08. The van der Waals surface area contributed by atoms with Gasteiger partial charge in [0, 0.05) is 24.3 Å². The lowest BCUT2D eigenvalue weighted by Crippen LogP contribution is -2.20. The minimum Gasteiger partial charge on any atom is -0.494 e. The number of anilines is 3. The second-order valence-corrected chi connectivity index (χ2v) is 7.16. The Morgan fingerprint density at radius 3 is 2.13 bits per heavy atom. The molecule has 8 heteroatoms. The lowest BCUT2D eigenvalue weighted by Gasteiger charge is -2.15. The van der Waals surface area contributed by atoms with E-state index >= 15 is 0 Å². The first kappa shape index (κ1) is 20.5. The Kier molecular flexibility index (Phi) is 6.16. The lowest BCUT2D eigenvalue weighted by atomic mass is 10.1. The molecule has 1 saturated heterocycles. The highest BCUT2D eigenvalue weighted by Gasteiger charge is 2.15. The van der Waals surface area contributed by atoms with Crippen molar-refractivity contribution in [1.29, 1.82) is 0 Å². The molecule has 1 aliphatic rings. The molecule has 2 aromatic carbocycles. The number of benzene rings is 2. The maximum Gasteiger partial charge on any atom is 0.323 e. The standard InChI is InChI=1S/C23H25N5O3/c1-30-19-6-5-7-20(31-2)22(19)25-23(29)24-17-10-8-16(9-11-17)18-12-13-21(27-26-18)28-14-3-4-15-28/h5-13H,3-4,14-15H2,1-2H3,(H2,24,25,29). The normalized spacial score (nSPS) is 13.0. The number of hydrogen-bond acceptors (Lipinski definition) is 6. The second kappa shape index (κ2) is 9.34. The SMILES string of the molecule is COc1cccc(OC)c1NC(=O)Nc1ccc(-c2ccc(N3CCCC3)nn2)cc1. The number of urea groups is 1. The third-order valence-electron chi connectivity index (χ3n) is 5.19. The van der Waals surface area contributed by atoms with Crippen LogP contribution in [0.1, 0.15) is 12.8 Å². The molecule has 1 aliphatic heterocycles. The van der Waals surface area contributed by atoms with Gasteiger partial charge in [0.1, 0.15) is 17.2 Å². The van der Waals surface area contributed by atoms with E-state index in [0.717, 1.165) is 30.2 Å². The molecule has 8 nitrogen and oxygen atoms in total. The Balaban J connectivity index is 1.41. The molecule has 2 N–H and O–H groups in total. The molecule has 1 fully saturated rings. The molecule has 4 rings (SSSR count). The van der Waals surface area contributed by atoms with E-state index in [2.05, 4.69) is 25.7 Å². The van der Waals surface area contributed by atoms with Gasteiger partial charge in [-0.25, -0.2) is 4.79 Å². The molecule has 2 amide bonds. The van der Waals surface area contributed by atoms with E-state index < -0.39 is 6.03 Å². The van der Waals surface area contributed by atoms with Gasteiger partial charge in [-0.3, -0.25) is 0 Å². The van der Waals surface area contributed by atoms with Gasteiger partial charge in [-0.1, -0.05) is 18.2 Å². The van der Waals surface area contributed by atoms with Gasteiger partial charge in [0.2, 0.25) is 0 Å². The highest BCUT2D eigenvalue weighted by Crippen LogP contribution is 2.34. The number of carbonyl (C=O) groups is 1. The summed E-state index contributed by atoms with van der Waals surface area (Å²) in [4.78, 5) is 14.7. The van der Waals surface area contributed by atoms with Crippen molar-refractivity contribution in [1.82, 2.24) is 10.2 Å². The third kappa shape index (κ3) is 4.69. The third-order valence-corrected chi connectivity index (χ3v) is 5.19. The Hall–Kier alpha value is -3.81. The summed E-state index contributed by atoms with van der Waals surface area (Å²) in [6.45, 7) is 2.08. The summed E-state index contributed by atoms with van der Waals surface area (Å²) < 4.78 is 10.6. The van der Waals surface area contributed by atoms with Gasteiger partial charge in [0.05, 0.1) is 19.9 Å². The van der Waals surface area contributed by atoms with Crippen molar-refractivity contribution in [3.05, 3.63) is 54.6 Å². The second-order valence-electron chi connectivity index (χ2n) is 7.16. The average molecular weight is 419 g/mol. The molecular formula is C23H25N5O3. The van der Waals surface area contributed by atoms with Gasteiger partial charge in [-0.05, 0) is 49.2 Å². The predicted octanol–water partition coefficient (Wildman–Crippen LogP) is 4.41. The fourth-order valence-corrected chi connectivity index (χ4v) is 3.57. The number of ether oxygens (including phenoxy) is 2. The number of aromatic nitrogens is 2. The fraction of sp³-hybridized carbons (Fsp3) is 0.261. The molecule has 0 spiro atoms. The number of rotatable bonds is 6. The maximum absolute atomic E-state index is 12.5. The Labute approximate surface area is 181 Å². The van der Waals surface area contributed by atoms with Crippen molar-refractivity contribution in [2.45, 2.75) is 12.8 Å². The van der Waals surface area contributed by atoms with Crippen LogP contribution in [0, 0.1) is 0 Å². The van der Waals surface area contributed by atoms with Crippen molar-refractivity contribution < 1.29 is 14.3 Å². The highest BCUT2D eigenvalue weighted by molar-refractivity contribution is 6.01. The molecular weight excluding hydrogens is 394 g/mol. The predicted molar refractivity (Wildman–Crippen MR) is 121 cm³/mol. The van der Waals surface area contributed by atoms with Gasteiger partial charge in [-0.15, -0.1) is 10.2 Å². The van der Waals surface area contributed by atoms with Crippen molar-refractivity contribution in [2.24, 2.45) is 0 Å². The molecule has 0 bridgehead atoms. The topological polar surface area (TPSA) is 88.6 Å². The van der Waals surface area contributed by atoms with Crippen LogP contribution in [-0.4, -0.2) is 43.5 Å². The van der Waals surface area contributed by atoms with E-state index in [-0.39, 0.29) is 0 Å². The molecule has 1 aromatic heterocycles. The number of amides is 2. The van der Waals surface area contributed by atoms with Crippen molar-refractivity contribution in [2.75, 3.05) is 42.8 Å². The molecule has 0 aliphatic carbocycles. The molecule has 31 heavy (non-hydrogen) atoms. The van der Waals surface area contributed by atoms with Crippen LogP contribution in [0.25, 0.3) is 11.3 Å². The Bertz CT molecular complexity index is 1010. The van der Waals surface area contributed by atoms with E-state index in [1.807, 2.05) is 36.4 Å². The molecule has 0 unspecified atom stereocenters. The minimum atomic E-state index is -0.398. The van der Waals surface area contributed by atoms with Crippen LogP contribution >= 0.6 is 0 Å². The van der Waals surface area contributed by atoms with E-state index in [0.29, 0.717) is 22.9 Å². The summed E-state index contributed by atoms with van der Waals surface area (Å²) in [5, 5.41) is 14.3. The Morgan fingerprint density at radius 2 is 1.55 bits per heavy atom. The monoisotopic (exact) mass is 419 g/mol. The number of para-hydroxylation sites is 1. The van der Waals surface area contributed by atoms with E-state index in [1.54, 1.807) is 18.2 Å². The number of methoxy groups -OCH3 is 2. The zero-order valence-electron chi connectivity index (χ0n) is 17.6. The number of hydrogen-bond donors (Lipinski definition) is 2. The van der Waals surface area contributed by atoms with Crippen molar-refractivity contribution in [3.8, 4) is 22.8 Å². The van der Waals surface area contributed by atoms with Gasteiger partial charge in [0.25, 0.3) is 0 Å². The first-order valence-corrected chi connectivity index (χ1v) is 10.2. The highest BCUT2D eigenvalue weighted by atomic mass is 16.5. The maximum atomic E-state index is 12.5. The quantitative estimate of drug-likeness (QED) is 0.615. The molecule has 0 atom stereocenters. The first-order chi connectivity index (χ1) is 15.2. The van der Waals surface area contributed by atoms with Crippen LogP contribution < -0.4 is 25.0 Å². The molecule has 0 saturated carbocycles. The van der Waals surface area contributed by atoms with Crippen LogP contribution in [0.2, 0.25) is 0 Å². The summed E-state index contributed by atoms with van der Waals surface area (Å²) in [6, 6.07) is 16.3. The van der Waals surface area contributed by atoms with Crippen molar-refractivity contribution >= 4 is 23.2 Å². The zero-order valence-corrected chi connectivity index (χ0v) is 17.6. The Morgan fingerprint density at radius 1 is 0.871 bits per heavy atom. The molecule has 2 heterocycles. The largest absolute Gasteiger partial charge is 0.494 e. The van der Waals surface area contributed by atoms with E-state index in [9.17, 15) is 4.79 Å². The number of nitrogens with one attached hydrogen (secondary N) is 2. The summed E-state index contributed by atoms with van der Waals surface area (Å²) in [5.41, 5.74) is 2.84. The fourth-order valence-electron chi connectivity index (χ4n) is 3.57. The summed E-state index contributed by atoms with van der Waals surface area (Å²) in [6.07, 6.45) is 2.41. The van der Waals surface area contributed by atoms with Crippen LogP contribution in [0.5, 0.6) is 11.5 Å². The smallest absolute Gasteiger partial charge is 0.323 e. The average Bonchev–Trinajstić information content (AvgIpc) is 3.35. The van der Waals surface area contributed by atoms with Crippen molar-refractivity contribution in [3.63, 3.8) is 0 Å². The molecule has 3 aromatic rings. The first-order valence-electron chi connectivity index (χ1n) is 10.2. The lowest BCUT2D eigenvalue weighted by molar-refractivity contribution is 0.262. The van der Waals surface area contributed by atoms with E-state index in [1.165, 1.54) is 27.1 Å². The van der Waals surface area contributed by atoms with Crippen LogP contribution in [0.3, 0.4) is 0 Å².